The molecule has 0 atom stereocenters. The van der Waals surface area contributed by atoms with E-state index in [9.17, 15) is 14.0 Å². The first-order chi connectivity index (χ1) is 7.65. The topological polar surface area (TPSA) is 69.4 Å². The van der Waals surface area contributed by atoms with Crippen LogP contribution in [0, 0.1) is 5.82 Å². The molecule has 1 aromatic carbocycles. The fraction of sp³-hybridized carbons (Fsp3) is 0.273. The molecule has 0 bridgehead atoms. The van der Waals surface area contributed by atoms with Crippen molar-refractivity contribution < 1.29 is 18.7 Å². The van der Waals surface area contributed by atoms with Gasteiger partial charge in [0.25, 0.3) is 6.47 Å². The highest BCUT2D eigenvalue weighted by molar-refractivity contribution is 5.97. The summed E-state index contributed by atoms with van der Waals surface area (Å²) in [6, 6.07) is 5.21. The van der Waals surface area contributed by atoms with E-state index in [2.05, 4.69) is 4.74 Å². The molecule has 0 saturated heterocycles. The van der Waals surface area contributed by atoms with Crippen LogP contribution in [-0.4, -0.2) is 25.4 Å². The van der Waals surface area contributed by atoms with E-state index in [1.807, 2.05) is 6.92 Å². The number of Topliss-reactive ketones (excluding diaryl/α,β-unsaturated/α-hetero) is 1. The quantitative estimate of drug-likeness (QED) is 0.618. The molecule has 2 N–H and O–H groups in total. The molecule has 5 heteroatoms. The summed E-state index contributed by atoms with van der Waals surface area (Å²) >= 11 is 0. The van der Waals surface area contributed by atoms with Crippen LogP contribution >= 0.6 is 0 Å². The first-order valence-electron chi connectivity index (χ1n) is 4.69. The Kier molecular flexibility index (Phi) is 7.61. The summed E-state index contributed by atoms with van der Waals surface area (Å²) in [5.41, 5.74) is 5.04. The van der Waals surface area contributed by atoms with Gasteiger partial charge in [-0.05, 0) is 18.7 Å². The highest BCUT2D eigenvalue weighted by Gasteiger charge is 2.06. The van der Waals surface area contributed by atoms with Crippen molar-refractivity contribution in [2.75, 3.05) is 13.2 Å². The van der Waals surface area contributed by atoms with Crippen LogP contribution in [0.5, 0.6) is 0 Å². The summed E-state index contributed by atoms with van der Waals surface area (Å²) in [7, 11) is 0. The Morgan fingerprint density at radius 3 is 2.69 bits per heavy atom. The van der Waals surface area contributed by atoms with Crippen LogP contribution in [0.1, 0.15) is 17.3 Å². The van der Waals surface area contributed by atoms with E-state index < -0.39 is 11.6 Å². The lowest BCUT2D eigenvalue weighted by atomic mass is 10.1. The molecule has 88 valence electrons. The van der Waals surface area contributed by atoms with E-state index in [0.29, 0.717) is 0 Å². The Morgan fingerprint density at radius 1 is 1.56 bits per heavy atom. The van der Waals surface area contributed by atoms with Crippen molar-refractivity contribution in [2.24, 2.45) is 5.73 Å². The van der Waals surface area contributed by atoms with Gasteiger partial charge in [0.1, 0.15) is 5.82 Å². The molecule has 0 fully saturated rings. The van der Waals surface area contributed by atoms with Crippen LogP contribution in [0.15, 0.2) is 24.3 Å². The third kappa shape index (κ3) is 5.87. The average Bonchev–Trinajstić information content (AvgIpc) is 2.27. The van der Waals surface area contributed by atoms with Gasteiger partial charge >= 0.3 is 0 Å². The molecule has 1 rings (SSSR count). The normalized spacial score (nSPS) is 8.69. The highest BCUT2D eigenvalue weighted by Crippen LogP contribution is 2.04. The molecule has 0 aliphatic rings. The smallest absolute Gasteiger partial charge is 0.293 e. The summed E-state index contributed by atoms with van der Waals surface area (Å²) in [5.74, 6) is -0.913. The van der Waals surface area contributed by atoms with Gasteiger partial charge in [0.05, 0.1) is 0 Å². The van der Waals surface area contributed by atoms with Crippen molar-refractivity contribution >= 4 is 12.3 Å². The number of halogens is 1. The van der Waals surface area contributed by atoms with Crippen molar-refractivity contribution in [1.29, 1.82) is 0 Å². The Bertz CT molecular complexity index is 342. The zero-order valence-electron chi connectivity index (χ0n) is 8.98. The fourth-order valence-electron chi connectivity index (χ4n) is 0.855. The first kappa shape index (κ1) is 14.2. The minimum atomic E-state index is -0.489. The highest BCUT2D eigenvalue weighted by atomic mass is 19.1. The summed E-state index contributed by atoms with van der Waals surface area (Å²) in [4.78, 5) is 20.9. The SMILES string of the molecule is CCN.O=COCC(=O)c1cccc(F)c1. The molecule has 0 spiro atoms. The van der Waals surface area contributed by atoms with E-state index >= 15 is 0 Å². The third-order valence-electron chi connectivity index (χ3n) is 1.43. The minimum absolute atomic E-state index is 0.178. The summed E-state index contributed by atoms with van der Waals surface area (Å²) in [6.45, 7) is 2.48. The number of ether oxygens (including phenoxy) is 1. The Balaban J connectivity index is 0.000000673. The van der Waals surface area contributed by atoms with E-state index in [0.717, 1.165) is 12.6 Å². The van der Waals surface area contributed by atoms with Crippen LogP contribution in [0.3, 0.4) is 0 Å². The van der Waals surface area contributed by atoms with E-state index in [1.165, 1.54) is 18.2 Å². The monoisotopic (exact) mass is 227 g/mol. The zero-order chi connectivity index (χ0) is 12.4. The van der Waals surface area contributed by atoms with E-state index in [4.69, 9.17) is 5.73 Å². The molecule has 0 saturated carbocycles. The molecule has 0 unspecified atom stereocenters. The summed E-state index contributed by atoms with van der Waals surface area (Å²) < 4.78 is 16.8. The average molecular weight is 227 g/mol. The number of ketones is 1. The lowest BCUT2D eigenvalue weighted by Crippen LogP contribution is -2.08. The van der Waals surface area contributed by atoms with E-state index in [1.54, 1.807) is 0 Å². The maximum Gasteiger partial charge on any atom is 0.293 e. The van der Waals surface area contributed by atoms with Crippen molar-refractivity contribution in [1.82, 2.24) is 0 Å². The van der Waals surface area contributed by atoms with Crippen LogP contribution in [-0.2, 0) is 9.53 Å². The number of hydrogen-bond donors (Lipinski definition) is 1. The van der Waals surface area contributed by atoms with Gasteiger partial charge in [-0.1, -0.05) is 19.1 Å². The zero-order valence-corrected chi connectivity index (χ0v) is 8.98. The van der Waals surface area contributed by atoms with Crippen molar-refractivity contribution in [3.05, 3.63) is 35.6 Å². The minimum Gasteiger partial charge on any atom is -0.459 e. The van der Waals surface area contributed by atoms with Crippen LogP contribution < -0.4 is 5.73 Å². The Hall–Kier alpha value is -1.75. The van der Waals surface area contributed by atoms with E-state index in [-0.39, 0.29) is 18.6 Å². The van der Waals surface area contributed by atoms with Crippen molar-refractivity contribution in [2.45, 2.75) is 6.92 Å². The molecule has 0 amide bonds. The second-order valence-corrected chi connectivity index (χ2v) is 2.75. The van der Waals surface area contributed by atoms with Gasteiger partial charge < -0.3 is 10.5 Å². The second-order valence-electron chi connectivity index (χ2n) is 2.75. The molecule has 4 nitrogen and oxygen atoms in total. The predicted octanol–water partition coefficient (Wildman–Crippen LogP) is 1.15. The van der Waals surface area contributed by atoms with Gasteiger partial charge in [-0.15, -0.1) is 0 Å². The molecule has 16 heavy (non-hydrogen) atoms. The second kappa shape index (κ2) is 8.55. The fourth-order valence-corrected chi connectivity index (χ4v) is 0.855. The standard InChI is InChI=1S/C9H7FO3.C2H7N/c10-8-3-1-2-7(4-8)9(12)5-13-6-11;1-2-3/h1-4,6H,5H2;2-3H2,1H3. The molecule has 1 aromatic rings. The number of benzene rings is 1. The van der Waals surface area contributed by atoms with Gasteiger partial charge in [-0.25, -0.2) is 4.39 Å². The largest absolute Gasteiger partial charge is 0.459 e. The van der Waals surface area contributed by atoms with Crippen LogP contribution in [0.25, 0.3) is 0 Å². The van der Waals surface area contributed by atoms with Gasteiger partial charge in [-0.2, -0.15) is 0 Å². The molecule has 0 aromatic heterocycles. The van der Waals surface area contributed by atoms with Gasteiger partial charge in [0.15, 0.2) is 12.4 Å². The van der Waals surface area contributed by atoms with Crippen LogP contribution in [0.4, 0.5) is 4.39 Å². The number of rotatable bonds is 4. The van der Waals surface area contributed by atoms with Crippen molar-refractivity contribution in [3.8, 4) is 0 Å². The number of carbonyl (C=O) groups is 2. The first-order valence-corrected chi connectivity index (χ1v) is 4.69. The maximum absolute atomic E-state index is 12.6. The molecule has 0 radical (unpaired) electrons. The molecular formula is C11H14FNO3. The maximum atomic E-state index is 12.6. The van der Waals surface area contributed by atoms with Crippen LogP contribution in [0.2, 0.25) is 0 Å². The van der Waals surface area contributed by atoms with Gasteiger partial charge in [0, 0.05) is 5.56 Å². The molecular weight excluding hydrogens is 213 g/mol. The lowest BCUT2D eigenvalue weighted by molar-refractivity contribution is -0.127. The molecule has 0 aliphatic heterocycles. The van der Waals surface area contributed by atoms with Gasteiger partial charge in [0.2, 0.25) is 0 Å². The Morgan fingerprint density at radius 2 is 2.19 bits per heavy atom. The number of hydrogen-bond acceptors (Lipinski definition) is 4. The lowest BCUT2D eigenvalue weighted by Gasteiger charge is -1.98. The van der Waals surface area contributed by atoms with Gasteiger partial charge in [-0.3, -0.25) is 9.59 Å². The summed E-state index contributed by atoms with van der Waals surface area (Å²) in [5, 5.41) is 0. The predicted molar refractivity (Wildman–Crippen MR) is 57.5 cm³/mol. The van der Waals surface area contributed by atoms with Crippen molar-refractivity contribution in [3.63, 3.8) is 0 Å². The number of carbonyl (C=O) groups excluding carboxylic acids is 2. The molecule has 0 aliphatic carbocycles. The number of nitrogens with two attached hydrogens (primary N) is 1. The molecule has 0 heterocycles. The summed E-state index contributed by atoms with van der Waals surface area (Å²) in [6.07, 6.45) is 0. The Labute approximate surface area is 93.2 Å². The third-order valence-corrected chi connectivity index (χ3v) is 1.43.